The van der Waals surface area contributed by atoms with Crippen molar-refractivity contribution >= 4 is 18.0 Å². The first kappa shape index (κ1) is 24.5. The van der Waals surface area contributed by atoms with E-state index < -0.39 is 24.0 Å². The maximum absolute atomic E-state index is 12.7. The van der Waals surface area contributed by atoms with Crippen LogP contribution in [0, 0.1) is 5.92 Å². The molecule has 4 rings (SSSR count). The molecule has 0 saturated carbocycles. The molecule has 2 unspecified atom stereocenters. The van der Waals surface area contributed by atoms with Gasteiger partial charge >= 0.3 is 12.1 Å². The van der Waals surface area contributed by atoms with Crippen molar-refractivity contribution in [2.75, 3.05) is 32.9 Å². The molecule has 1 heterocycles. The van der Waals surface area contributed by atoms with E-state index in [4.69, 9.17) is 9.47 Å². The molecule has 8 heteroatoms. The molecule has 2 aromatic carbocycles. The van der Waals surface area contributed by atoms with Gasteiger partial charge in [-0.3, -0.25) is 9.59 Å². The quantitative estimate of drug-likeness (QED) is 0.535. The minimum atomic E-state index is -0.970. The number of nitrogens with one attached hydrogen (secondary N) is 1. The zero-order valence-electron chi connectivity index (χ0n) is 19.7. The highest BCUT2D eigenvalue weighted by molar-refractivity contribution is 5.88. The number of aliphatic carboxylic acids is 1. The third-order valence-corrected chi connectivity index (χ3v) is 6.48. The molecule has 0 aromatic heterocycles. The molecule has 1 aliphatic heterocycles. The van der Waals surface area contributed by atoms with Crippen molar-refractivity contribution < 1.29 is 29.0 Å². The molecule has 1 aliphatic carbocycles. The van der Waals surface area contributed by atoms with E-state index in [-0.39, 0.29) is 38.2 Å². The fourth-order valence-corrected chi connectivity index (χ4v) is 4.81. The van der Waals surface area contributed by atoms with E-state index in [1.807, 2.05) is 31.2 Å². The zero-order chi connectivity index (χ0) is 24.8. The summed E-state index contributed by atoms with van der Waals surface area (Å²) in [5, 5.41) is 12.0. The van der Waals surface area contributed by atoms with Crippen molar-refractivity contribution in [1.82, 2.24) is 10.2 Å². The van der Waals surface area contributed by atoms with Gasteiger partial charge in [0.25, 0.3) is 0 Å². The molecule has 2 aliphatic rings. The second kappa shape index (κ2) is 11.2. The third kappa shape index (κ3) is 5.38. The van der Waals surface area contributed by atoms with Crippen molar-refractivity contribution in [3.63, 3.8) is 0 Å². The van der Waals surface area contributed by atoms with E-state index >= 15 is 0 Å². The third-order valence-electron chi connectivity index (χ3n) is 6.48. The van der Waals surface area contributed by atoms with Crippen LogP contribution >= 0.6 is 0 Å². The number of carboxylic acids is 1. The SMILES string of the molecule is CCCN(C(=O)/C=C/CNC(=O)OCC1c2ccccc2-c2ccccc21)C1COCC1C(=O)O. The first-order valence-electron chi connectivity index (χ1n) is 11.9. The number of benzene rings is 2. The Morgan fingerprint density at radius 2 is 1.74 bits per heavy atom. The Labute approximate surface area is 204 Å². The highest BCUT2D eigenvalue weighted by Gasteiger charge is 2.39. The second-order valence-electron chi connectivity index (χ2n) is 8.69. The molecule has 35 heavy (non-hydrogen) atoms. The highest BCUT2D eigenvalue weighted by atomic mass is 16.5. The van der Waals surface area contributed by atoms with Gasteiger partial charge in [0.15, 0.2) is 0 Å². The van der Waals surface area contributed by atoms with E-state index in [2.05, 4.69) is 29.6 Å². The first-order chi connectivity index (χ1) is 17.0. The molecule has 2 atom stereocenters. The number of fused-ring (bicyclic) bond motifs is 3. The van der Waals surface area contributed by atoms with Crippen molar-refractivity contribution in [2.24, 2.45) is 5.92 Å². The Morgan fingerprint density at radius 3 is 2.37 bits per heavy atom. The van der Waals surface area contributed by atoms with Gasteiger partial charge in [0, 0.05) is 25.1 Å². The number of rotatable bonds is 9. The van der Waals surface area contributed by atoms with Crippen LogP contribution in [0.15, 0.2) is 60.7 Å². The molecular weight excluding hydrogens is 448 g/mol. The predicted octanol–water partition coefficient (Wildman–Crippen LogP) is 3.42. The summed E-state index contributed by atoms with van der Waals surface area (Å²) in [6, 6.07) is 15.7. The molecular formula is C27H30N2O6. The summed E-state index contributed by atoms with van der Waals surface area (Å²) in [5.41, 5.74) is 4.60. The number of nitrogens with zero attached hydrogens (tertiary/aromatic N) is 1. The first-order valence-corrected chi connectivity index (χ1v) is 11.9. The molecule has 1 fully saturated rings. The average molecular weight is 479 g/mol. The number of carboxylic acid groups (broad SMARTS) is 1. The van der Waals surface area contributed by atoms with Gasteiger partial charge in [-0.25, -0.2) is 4.79 Å². The Hall–Kier alpha value is -3.65. The van der Waals surface area contributed by atoms with Crippen LogP contribution in [0.4, 0.5) is 4.79 Å². The van der Waals surface area contributed by atoms with Crippen LogP contribution in [0.25, 0.3) is 11.1 Å². The summed E-state index contributed by atoms with van der Waals surface area (Å²) in [6.07, 6.45) is 3.03. The van der Waals surface area contributed by atoms with E-state index in [1.54, 1.807) is 0 Å². The van der Waals surface area contributed by atoms with Crippen LogP contribution in [0.3, 0.4) is 0 Å². The van der Waals surface area contributed by atoms with Crippen LogP contribution in [0.5, 0.6) is 0 Å². The standard InChI is InChI=1S/C27H30N2O6/c1-2-14-29(24-17-34-15-23(24)26(31)32)25(30)12-7-13-28-27(33)35-16-22-20-10-5-3-8-18(20)19-9-4-6-11-21(19)22/h3-12,22-24H,2,13-17H2,1H3,(H,28,33)(H,31,32)/b12-7+. The normalized spacial score (nSPS) is 18.8. The van der Waals surface area contributed by atoms with E-state index in [0.29, 0.717) is 13.0 Å². The number of ether oxygens (including phenoxy) is 2. The van der Waals surface area contributed by atoms with Gasteiger partial charge in [-0.2, -0.15) is 0 Å². The maximum Gasteiger partial charge on any atom is 0.407 e. The lowest BCUT2D eigenvalue weighted by molar-refractivity contribution is -0.144. The van der Waals surface area contributed by atoms with Gasteiger partial charge in [-0.15, -0.1) is 0 Å². The average Bonchev–Trinajstić information content (AvgIpc) is 3.47. The largest absolute Gasteiger partial charge is 0.481 e. The molecule has 184 valence electrons. The number of hydrogen-bond acceptors (Lipinski definition) is 5. The minimum absolute atomic E-state index is 0.0244. The molecule has 2 amide bonds. The van der Waals surface area contributed by atoms with Crippen molar-refractivity contribution in [3.8, 4) is 11.1 Å². The lowest BCUT2D eigenvalue weighted by atomic mass is 9.98. The van der Waals surface area contributed by atoms with Gasteiger partial charge in [-0.05, 0) is 28.7 Å². The zero-order valence-corrected chi connectivity index (χ0v) is 19.7. The van der Waals surface area contributed by atoms with Crippen LogP contribution in [0.1, 0.15) is 30.4 Å². The topological polar surface area (TPSA) is 105 Å². The smallest absolute Gasteiger partial charge is 0.407 e. The number of hydrogen-bond donors (Lipinski definition) is 2. The fourth-order valence-electron chi connectivity index (χ4n) is 4.81. The summed E-state index contributed by atoms with van der Waals surface area (Å²) < 4.78 is 10.8. The van der Waals surface area contributed by atoms with Crippen molar-refractivity contribution in [2.45, 2.75) is 25.3 Å². The minimum Gasteiger partial charge on any atom is -0.481 e. The lowest BCUT2D eigenvalue weighted by Crippen LogP contribution is -2.46. The summed E-state index contributed by atoms with van der Waals surface area (Å²) in [4.78, 5) is 38.0. The Bertz CT molecular complexity index is 1070. The Morgan fingerprint density at radius 1 is 1.09 bits per heavy atom. The molecule has 0 bridgehead atoms. The van der Waals surface area contributed by atoms with E-state index in [0.717, 1.165) is 22.3 Å². The van der Waals surface area contributed by atoms with Gasteiger partial charge < -0.3 is 24.8 Å². The monoisotopic (exact) mass is 478 g/mol. The van der Waals surface area contributed by atoms with Gasteiger partial charge in [0.1, 0.15) is 12.5 Å². The van der Waals surface area contributed by atoms with Crippen LogP contribution in [-0.2, 0) is 19.1 Å². The molecule has 2 N–H and O–H groups in total. The van der Waals surface area contributed by atoms with Crippen LogP contribution in [-0.4, -0.2) is 66.9 Å². The molecule has 1 saturated heterocycles. The second-order valence-corrected chi connectivity index (χ2v) is 8.69. The van der Waals surface area contributed by atoms with Gasteiger partial charge in [0.2, 0.25) is 5.91 Å². The molecule has 2 aromatic rings. The Kier molecular flexibility index (Phi) is 7.82. The van der Waals surface area contributed by atoms with Gasteiger partial charge in [-0.1, -0.05) is 61.5 Å². The maximum atomic E-state index is 12.7. The highest BCUT2D eigenvalue weighted by Crippen LogP contribution is 2.44. The number of carbonyl (C=O) groups is 3. The number of alkyl carbamates (subject to hydrolysis) is 1. The molecule has 0 spiro atoms. The van der Waals surface area contributed by atoms with Crippen LogP contribution in [0.2, 0.25) is 0 Å². The summed E-state index contributed by atoms with van der Waals surface area (Å²) in [6.45, 7) is 2.99. The fraction of sp³-hybridized carbons (Fsp3) is 0.370. The number of amides is 2. The molecule has 0 radical (unpaired) electrons. The number of carbonyl (C=O) groups excluding carboxylic acids is 2. The summed E-state index contributed by atoms with van der Waals surface area (Å²) in [5.74, 6) is -2.04. The van der Waals surface area contributed by atoms with Crippen molar-refractivity contribution in [1.29, 1.82) is 0 Å². The van der Waals surface area contributed by atoms with Gasteiger partial charge in [0.05, 0.1) is 19.3 Å². The summed E-state index contributed by atoms with van der Waals surface area (Å²) >= 11 is 0. The lowest BCUT2D eigenvalue weighted by Gasteiger charge is -2.29. The van der Waals surface area contributed by atoms with Crippen molar-refractivity contribution in [3.05, 3.63) is 71.8 Å². The van der Waals surface area contributed by atoms with E-state index in [1.165, 1.54) is 17.1 Å². The van der Waals surface area contributed by atoms with Crippen LogP contribution < -0.4 is 5.32 Å². The summed E-state index contributed by atoms with van der Waals surface area (Å²) in [7, 11) is 0. The predicted molar refractivity (Wildman–Crippen MR) is 130 cm³/mol. The molecule has 8 nitrogen and oxygen atoms in total. The van der Waals surface area contributed by atoms with E-state index in [9.17, 15) is 19.5 Å². The Balaban J connectivity index is 1.29.